The molecule has 0 aromatic carbocycles. The van der Waals surface area contributed by atoms with Gasteiger partial charge >= 0.3 is 33.6 Å². The molecule has 490 valence electrons. The monoisotopic (exact) mass is 1240 g/mol. The molecule has 0 saturated carbocycles. The van der Waals surface area contributed by atoms with Crippen LogP contribution in [0.1, 0.15) is 252 Å². The van der Waals surface area contributed by atoms with Gasteiger partial charge in [-0.15, -0.1) is 0 Å². The average molecular weight is 1240 g/mol. The molecule has 4 N–H and O–H groups in total. The van der Waals surface area contributed by atoms with Crippen molar-refractivity contribution in [2.75, 3.05) is 39.6 Å². The molecular formula is C67H116O16P2. The number of phosphoric ester groups is 2. The molecule has 0 heterocycles. The van der Waals surface area contributed by atoms with Gasteiger partial charge < -0.3 is 34.2 Å². The van der Waals surface area contributed by atoms with Crippen molar-refractivity contribution in [2.24, 2.45) is 0 Å². The molecule has 0 radical (unpaired) electrons. The maximum Gasteiger partial charge on any atom is 0.472 e. The largest absolute Gasteiger partial charge is 0.472 e. The SMILES string of the molecule is CC/C=C\C/C=C\C/C=C\C/C=C\CCCCCCCCC(=O)OCC(O)COP(=O)(O)OCC(O)COP(=O)(O)OCC(COC(=O)CCCCCC/C=C\C/C=C\C/C=C\C/C=C\CC)OC(=O)CCCCCCCCCCCCCCC. The Morgan fingerprint density at radius 3 is 0.988 bits per heavy atom. The van der Waals surface area contributed by atoms with Crippen LogP contribution in [0.25, 0.3) is 0 Å². The molecular weight excluding hydrogens is 1120 g/mol. The van der Waals surface area contributed by atoms with E-state index in [1.165, 1.54) is 51.4 Å². The molecule has 5 atom stereocenters. The second kappa shape index (κ2) is 60.7. The first-order chi connectivity index (χ1) is 41.2. The number of rotatable bonds is 61. The van der Waals surface area contributed by atoms with Crippen molar-refractivity contribution in [1.29, 1.82) is 0 Å². The van der Waals surface area contributed by atoms with E-state index >= 15 is 0 Å². The lowest BCUT2D eigenvalue weighted by molar-refractivity contribution is -0.161. The summed E-state index contributed by atoms with van der Waals surface area (Å²) >= 11 is 0. The Balaban J connectivity index is 4.68. The van der Waals surface area contributed by atoms with Crippen LogP contribution in [0.3, 0.4) is 0 Å². The second-order valence-electron chi connectivity index (χ2n) is 21.5. The third-order valence-corrected chi connectivity index (χ3v) is 15.2. The third-order valence-electron chi connectivity index (χ3n) is 13.3. The third kappa shape index (κ3) is 61.9. The van der Waals surface area contributed by atoms with Gasteiger partial charge in [-0.05, 0) is 96.3 Å². The van der Waals surface area contributed by atoms with Crippen LogP contribution in [0, 0.1) is 0 Å². The minimum atomic E-state index is -4.92. The van der Waals surface area contributed by atoms with Crippen molar-refractivity contribution in [2.45, 2.75) is 270 Å². The van der Waals surface area contributed by atoms with Gasteiger partial charge in [0.2, 0.25) is 0 Å². The summed E-state index contributed by atoms with van der Waals surface area (Å²) in [6.45, 7) is 2.39. The molecule has 0 rings (SSSR count). The molecule has 0 bridgehead atoms. The zero-order chi connectivity index (χ0) is 62.4. The van der Waals surface area contributed by atoms with Crippen molar-refractivity contribution in [3.05, 3.63) is 97.2 Å². The van der Waals surface area contributed by atoms with Crippen LogP contribution in [-0.4, -0.2) is 95.9 Å². The number of ether oxygens (including phenoxy) is 3. The van der Waals surface area contributed by atoms with Gasteiger partial charge in [-0.1, -0.05) is 234 Å². The molecule has 0 saturated heterocycles. The lowest BCUT2D eigenvalue weighted by Crippen LogP contribution is -2.30. The maximum atomic E-state index is 12.9. The van der Waals surface area contributed by atoms with Gasteiger partial charge in [-0.25, -0.2) is 9.13 Å². The Hall–Kier alpha value is -3.53. The number of aliphatic hydroxyl groups is 2. The fraction of sp³-hybridized carbons (Fsp3) is 0.716. The highest BCUT2D eigenvalue weighted by Crippen LogP contribution is 2.45. The smallest absolute Gasteiger partial charge is 0.463 e. The fourth-order valence-corrected chi connectivity index (χ4v) is 9.96. The summed E-state index contributed by atoms with van der Waals surface area (Å²) in [5.74, 6) is -1.61. The number of aliphatic hydroxyl groups excluding tert-OH is 2. The van der Waals surface area contributed by atoms with Gasteiger partial charge in [0, 0.05) is 19.3 Å². The van der Waals surface area contributed by atoms with Gasteiger partial charge in [0.1, 0.15) is 25.4 Å². The molecule has 0 aromatic heterocycles. The lowest BCUT2D eigenvalue weighted by atomic mass is 10.0. The number of esters is 3. The van der Waals surface area contributed by atoms with Crippen LogP contribution in [-0.2, 0) is 55.8 Å². The van der Waals surface area contributed by atoms with Crippen LogP contribution < -0.4 is 0 Å². The molecule has 5 unspecified atom stereocenters. The lowest BCUT2D eigenvalue weighted by Gasteiger charge is -2.21. The highest BCUT2D eigenvalue weighted by Gasteiger charge is 2.29. The summed E-state index contributed by atoms with van der Waals surface area (Å²) in [4.78, 5) is 58.2. The fourth-order valence-electron chi connectivity index (χ4n) is 8.38. The molecule has 0 aliphatic rings. The van der Waals surface area contributed by atoms with Gasteiger partial charge in [-0.3, -0.25) is 32.5 Å². The molecule has 16 nitrogen and oxygen atoms in total. The van der Waals surface area contributed by atoms with E-state index in [1.807, 2.05) is 0 Å². The van der Waals surface area contributed by atoms with E-state index in [-0.39, 0.29) is 19.3 Å². The van der Waals surface area contributed by atoms with Crippen molar-refractivity contribution in [3.63, 3.8) is 0 Å². The highest BCUT2D eigenvalue weighted by atomic mass is 31.2. The summed E-state index contributed by atoms with van der Waals surface area (Å²) in [5.41, 5.74) is 0. The van der Waals surface area contributed by atoms with Crippen molar-refractivity contribution < 1.29 is 75.8 Å². The summed E-state index contributed by atoms with van der Waals surface area (Å²) in [5, 5.41) is 20.5. The zero-order valence-corrected chi connectivity index (χ0v) is 54.5. The normalized spacial score (nSPS) is 15.0. The van der Waals surface area contributed by atoms with Gasteiger partial charge in [0.15, 0.2) is 6.10 Å². The molecule has 0 aliphatic heterocycles. The van der Waals surface area contributed by atoms with E-state index in [9.17, 15) is 43.5 Å². The molecule has 85 heavy (non-hydrogen) atoms. The van der Waals surface area contributed by atoms with Crippen LogP contribution in [0.15, 0.2) is 97.2 Å². The Bertz CT molecular complexity index is 1940. The van der Waals surface area contributed by atoms with Crippen LogP contribution in [0.2, 0.25) is 0 Å². The minimum Gasteiger partial charge on any atom is -0.463 e. The van der Waals surface area contributed by atoms with Crippen molar-refractivity contribution in [3.8, 4) is 0 Å². The Morgan fingerprint density at radius 1 is 0.341 bits per heavy atom. The number of carbonyl (C=O) groups excluding carboxylic acids is 3. The molecule has 0 aliphatic carbocycles. The highest BCUT2D eigenvalue weighted by molar-refractivity contribution is 7.47. The number of allylic oxidation sites excluding steroid dienone is 16. The van der Waals surface area contributed by atoms with E-state index in [4.69, 9.17) is 32.3 Å². The number of hydrogen-bond acceptors (Lipinski definition) is 14. The summed E-state index contributed by atoms with van der Waals surface area (Å²) in [6.07, 6.45) is 64.6. The van der Waals surface area contributed by atoms with Crippen molar-refractivity contribution in [1.82, 2.24) is 0 Å². The minimum absolute atomic E-state index is 0.100. The number of hydrogen-bond donors (Lipinski definition) is 4. The van der Waals surface area contributed by atoms with Crippen LogP contribution in [0.5, 0.6) is 0 Å². The molecule has 0 fully saturated rings. The van der Waals surface area contributed by atoms with Crippen LogP contribution in [0.4, 0.5) is 0 Å². The molecule has 0 amide bonds. The molecule has 0 aromatic rings. The van der Waals surface area contributed by atoms with Crippen LogP contribution >= 0.6 is 15.6 Å². The molecule has 18 heteroatoms. The first-order valence-corrected chi connectivity index (χ1v) is 35.5. The molecule has 0 spiro atoms. The van der Waals surface area contributed by atoms with E-state index in [1.54, 1.807) is 0 Å². The maximum absolute atomic E-state index is 12.9. The van der Waals surface area contributed by atoms with Gasteiger partial charge in [-0.2, -0.15) is 0 Å². The van der Waals surface area contributed by atoms with E-state index < -0.39 is 91.5 Å². The van der Waals surface area contributed by atoms with Gasteiger partial charge in [0.05, 0.1) is 26.4 Å². The number of carbonyl (C=O) groups is 3. The predicted molar refractivity (Wildman–Crippen MR) is 344 cm³/mol. The first kappa shape index (κ1) is 81.5. The first-order valence-electron chi connectivity index (χ1n) is 32.5. The second-order valence-corrected chi connectivity index (χ2v) is 24.4. The van der Waals surface area contributed by atoms with E-state index in [0.717, 1.165) is 141 Å². The van der Waals surface area contributed by atoms with Crippen molar-refractivity contribution >= 4 is 33.6 Å². The quantitative estimate of drug-likeness (QED) is 0.0146. The number of phosphoric acid groups is 2. The topological polar surface area (TPSA) is 231 Å². The summed E-state index contributed by atoms with van der Waals surface area (Å²) in [6, 6.07) is 0. The Labute approximate surface area is 514 Å². The Kier molecular flexibility index (Phi) is 58.2. The van der Waals surface area contributed by atoms with Gasteiger partial charge in [0.25, 0.3) is 0 Å². The number of unbranched alkanes of at least 4 members (excludes halogenated alkanes) is 22. The van der Waals surface area contributed by atoms with E-state index in [0.29, 0.717) is 19.3 Å². The average Bonchev–Trinajstić information content (AvgIpc) is 3.51. The predicted octanol–water partition coefficient (Wildman–Crippen LogP) is 17.5. The van der Waals surface area contributed by atoms with E-state index in [2.05, 4.69) is 118 Å². The standard InChI is InChI=1S/C67H116O16P2/c1-4-7-10-13-16-19-22-25-27-29-30-32-34-36-38-41-44-47-50-53-65(70)77-56-62(68)57-79-84(73,74)80-58-63(69)59-81-85(75,76)82-61-64(83-67(72)55-52-49-46-43-40-35-24-21-18-15-12-9-6-3)60-78-66(71)54-51-48-45-42-39-37-33-31-28-26-23-20-17-14-11-8-5-2/h7-8,10-11,16-17,19-20,25-28,30,32-33,37,62-64,68-69H,4-6,9,12-15,18,21-24,29,31,34-36,38-61H2,1-3H3,(H,73,74)(H,75,76)/b10-7-,11-8-,19-16-,20-17-,27-25-,28-26-,32-30-,37-33-. The Morgan fingerprint density at radius 2 is 0.624 bits per heavy atom. The zero-order valence-electron chi connectivity index (χ0n) is 52.8. The summed E-state index contributed by atoms with van der Waals surface area (Å²) in [7, 11) is -9.78. The summed E-state index contributed by atoms with van der Waals surface area (Å²) < 4.78 is 60.8.